The van der Waals surface area contributed by atoms with Gasteiger partial charge in [0.05, 0.1) is 18.6 Å². The van der Waals surface area contributed by atoms with Gasteiger partial charge >= 0.3 is 11.9 Å². The van der Waals surface area contributed by atoms with E-state index < -0.39 is 17.9 Å². The maximum atomic E-state index is 11.0. The van der Waals surface area contributed by atoms with Crippen molar-refractivity contribution < 1.29 is 24.5 Å². The number of methoxy groups -OCH3 is 1. The largest absolute Gasteiger partial charge is 0.496 e. The number of benzene rings is 1. The molecule has 0 saturated carbocycles. The van der Waals surface area contributed by atoms with Crippen LogP contribution >= 0.6 is 0 Å². The summed E-state index contributed by atoms with van der Waals surface area (Å²) in [7, 11) is 1.37. The van der Waals surface area contributed by atoms with Crippen molar-refractivity contribution in [2.24, 2.45) is 0 Å². The topological polar surface area (TPSA) is 83.8 Å². The Morgan fingerprint density at radius 3 is 2.38 bits per heavy atom. The number of carbonyl (C=O) groups is 2. The minimum absolute atomic E-state index is 0.0470. The standard InChI is InChI=1S/C11H12O5/c1-6(10(12)13)9-7(11(14)15)4-3-5-8(9)16-2/h3-6H,1-2H3,(H,12,13)(H,14,15). The number of carboxylic acids is 2. The highest BCUT2D eigenvalue weighted by atomic mass is 16.5. The summed E-state index contributed by atoms with van der Waals surface area (Å²) in [6.45, 7) is 1.42. The average molecular weight is 224 g/mol. The molecule has 16 heavy (non-hydrogen) atoms. The highest BCUT2D eigenvalue weighted by Crippen LogP contribution is 2.30. The van der Waals surface area contributed by atoms with E-state index >= 15 is 0 Å². The molecule has 0 heterocycles. The third-order valence-electron chi connectivity index (χ3n) is 2.32. The van der Waals surface area contributed by atoms with Crippen molar-refractivity contribution in [1.29, 1.82) is 0 Å². The van der Waals surface area contributed by atoms with Gasteiger partial charge in [0.1, 0.15) is 5.75 Å². The Balaban J connectivity index is 3.41. The SMILES string of the molecule is COc1cccc(C(=O)O)c1C(C)C(=O)O. The van der Waals surface area contributed by atoms with Crippen molar-refractivity contribution in [3.05, 3.63) is 29.3 Å². The second-order valence-corrected chi connectivity index (χ2v) is 3.29. The molecule has 2 N–H and O–H groups in total. The fourth-order valence-electron chi connectivity index (χ4n) is 1.48. The molecule has 1 aromatic carbocycles. The van der Waals surface area contributed by atoms with Gasteiger partial charge in [0.2, 0.25) is 0 Å². The first-order chi connectivity index (χ1) is 7.49. The average Bonchev–Trinajstić information content (AvgIpc) is 2.26. The van der Waals surface area contributed by atoms with Gasteiger partial charge in [-0.2, -0.15) is 0 Å². The van der Waals surface area contributed by atoms with Crippen LogP contribution in [0.3, 0.4) is 0 Å². The minimum atomic E-state index is -1.16. The van der Waals surface area contributed by atoms with Gasteiger partial charge in [-0.15, -0.1) is 0 Å². The first-order valence-electron chi connectivity index (χ1n) is 4.62. The van der Waals surface area contributed by atoms with Gasteiger partial charge in [-0.1, -0.05) is 6.07 Å². The lowest BCUT2D eigenvalue weighted by Crippen LogP contribution is -2.14. The number of aromatic carboxylic acids is 1. The third-order valence-corrected chi connectivity index (χ3v) is 2.32. The lowest BCUT2D eigenvalue weighted by Gasteiger charge is -2.14. The van der Waals surface area contributed by atoms with E-state index in [0.717, 1.165) is 0 Å². The van der Waals surface area contributed by atoms with E-state index in [1.54, 1.807) is 6.07 Å². The Kier molecular flexibility index (Phi) is 3.50. The van der Waals surface area contributed by atoms with Crippen LogP contribution in [0.4, 0.5) is 0 Å². The zero-order chi connectivity index (χ0) is 12.3. The summed E-state index contributed by atoms with van der Waals surface area (Å²) in [5.41, 5.74) is 0.138. The van der Waals surface area contributed by atoms with Gasteiger partial charge in [-0.25, -0.2) is 4.79 Å². The Hall–Kier alpha value is -2.04. The lowest BCUT2D eigenvalue weighted by atomic mass is 9.94. The number of ether oxygens (including phenoxy) is 1. The third kappa shape index (κ3) is 2.13. The Bertz CT molecular complexity index is 424. The predicted molar refractivity (Wildman–Crippen MR) is 56.0 cm³/mol. The molecule has 5 nitrogen and oxygen atoms in total. The van der Waals surface area contributed by atoms with Crippen LogP contribution in [0.2, 0.25) is 0 Å². The molecule has 0 fully saturated rings. The van der Waals surface area contributed by atoms with Crippen LogP contribution in [-0.4, -0.2) is 29.3 Å². The summed E-state index contributed by atoms with van der Waals surface area (Å²) in [5.74, 6) is -2.91. The van der Waals surface area contributed by atoms with Gasteiger partial charge < -0.3 is 14.9 Å². The van der Waals surface area contributed by atoms with Crippen molar-refractivity contribution in [3.8, 4) is 5.75 Å². The van der Waals surface area contributed by atoms with E-state index in [1.165, 1.54) is 26.2 Å². The van der Waals surface area contributed by atoms with Crippen molar-refractivity contribution in [3.63, 3.8) is 0 Å². The molecule has 0 radical (unpaired) electrons. The normalized spacial score (nSPS) is 11.9. The summed E-state index contributed by atoms with van der Waals surface area (Å²) in [6, 6.07) is 4.42. The first-order valence-corrected chi connectivity index (χ1v) is 4.62. The van der Waals surface area contributed by atoms with E-state index in [-0.39, 0.29) is 16.9 Å². The van der Waals surface area contributed by atoms with E-state index in [4.69, 9.17) is 14.9 Å². The van der Waals surface area contributed by atoms with Crippen molar-refractivity contribution >= 4 is 11.9 Å². The molecule has 5 heteroatoms. The molecule has 0 aliphatic rings. The zero-order valence-electron chi connectivity index (χ0n) is 8.93. The molecule has 0 saturated heterocycles. The number of carboxylic acid groups (broad SMARTS) is 2. The first kappa shape index (κ1) is 12.0. The predicted octanol–water partition coefficient (Wildman–Crippen LogP) is 1.58. The maximum absolute atomic E-state index is 11.0. The fourth-order valence-corrected chi connectivity index (χ4v) is 1.48. The highest BCUT2D eigenvalue weighted by Gasteiger charge is 2.24. The van der Waals surface area contributed by atoms with Crippen molar-refractivity contribution in [1.82, 2.24) is 0 Å². The molecule has 1 rings (SSSR count). The van der Waals surface area contributed by atoms with Crippen LogP contribution < -0.4 is 4.74 Å². The van der Waals surface area contributed by atoms with Crippen molar-refractivity contribution in [2.45, 2.75) is 12.8 Å². The molecular weight excluding hydrogens is 212 g/mol. The molecule has 86 valence electrons. The quantitative estimate of drug-likeness (QED) is 0.811. The van der Waals surface area contributed by atoms with Crippen LogP contribution in [0, 0.1) is 0 Å². The van der Waals surface area contributed by atoms with Crippen molar-refractivity contribution in [2.75, 3.05) is 7.11 Å². The zero-order valence-corrected chi connectivity index (χ0v) is 8.93. The van der Waals surface area contributed by atoms with Crippen LogP contribution in [-0.2, 0) is 4.79 Å². The Morgan fingerprint density at radius 1 is 1.31 bits per heavy atom. The number of rotatable bonds is 4. The second kappa shape index (κ2) is 4.65. The molecule has 0 amide bonds. The van der Waals surface area contributed by atoms with E-state index in [9.17, 15) is 9.59 Å². The van der Waals surface area contributed by atoms with Gasteiger partial charge in [0.25, 0.3) is 0 Å². The molecule has 0 spiro atoms. The summed E-state index contributed by atoms with van der Waals surface area (Å²) >= 11 is 0. The van der Waals surface area contributed by atoms with Crippen LogP contribution in [0.15, 0.2) is 18.2 Å². The second-order valence-electron chi connectivity index (χ2n) is 3.29. The number of hydrogen-bond acceptors (Lipinski definition) is 3. The van der Waals surface area contributed by atoms with E-state index in [0.29, 0.717) is 0 Å². The fraction of sp³-hybridized carbons (Fsp3) is 0.273. The summed E-state index contributed by atoms with van der Waals surface area (Å²) in [4.78, 5) is 21.9. The maximum Gasteiger partial charge on any atom is 0.336 e. The van der Waals surface area contributed by atoms with Gasteiger partial charge in [0.15, 0.2) is 0 Å². The Morgan fingerprint density at radius 2 is 1.94 bits per heavy atom. The molecular formula is C11H12O5. The van der Waals surface area contributed by atoms with Gasteiger partial charge in [-0.05, 0) is 19.1 Å². The van der Waals surface area contributed by atoms with Gasteiger partial charge in [0, 0.05) is 5.56 Å². The van der Waals surface area contributed by atoms with E-state index in [1.807, 2.05) is 0 Å². The van der Waals surface area contributed by atoms with Crippen LogP contribution in [0.1, 0.15) is 28.8 Å². The molecule has 0 aliphatic heterocycles. The van der Waals surface area contributed by atoms with Crippen LogP contribution in [0.25, 0.3) is 0 Å². The molecule has 0 aromatic heterocycles. The monoisotopic (exact) mass is 224 g/mol. The summed E-state index contributed by atoms with van der Waals surface area (Å²) in [6.07, 6.45) is 0. The lowest BCUT2D eigenvalue weighted by molar-refractivity contribution is -0.138. The smallest absolute Gasteiger partial charge is 0.336 e. The molecule has 1 unspecified atom stereocenters. The summed E-state index contributed by atoms with van der Waals surface area (Å²) in [5, 5.41) is 17.9. The van der Waals surface area contributed by atoms with Crippen LogP contribution in [0.5, 0.6) is 5.75 Å². The van der Waals surface area contributed by atoms with E-state index in [2.05, 4.69) is 0 Å². The molecule has 1 atom stereocenters. The molecule has 1 aromatic rings. The Labute approximate surface area is 92.3 Å². The molecule has 0 aliphatic carbocycles. The van der Waals surface area contributed by atoms with Gasteiger partial charge in [-0.3, -0.25) is 4.79 Å². The molecule has 0 bridgehead atoms. The summed E-state index contributed by atoms with van der Waals surface area (Å²) < 4.78 is 4.98. The number of aliphatic carboxylic acids is 1. The highest BCUT2D eigenvalue weighted by molar-refractivity contribution is 5.93. The minimum Gasteiger partial charge on any atom is -0.496 e. The number of hydrogen-bond donors (Lipinski definition) is 2.